The monoisotopic (exact) mass is 345 g/mol. The Hall–Kier alpha value is -2.15. The van der Waals surface area contributed by atoms with Gasteiger partial charge in [-0.05, 0) is 37.9 Å². The largest absolute Gasteiger partial charge is 0.481 e. The lowest BCUT2D eigenvalue weighted by Gasteiger charge is -2.24. The van der Waals surface area contributed by atoms with Crippen LogP contribution in [0.3, 0.4) is 0 Å². The molecule has 0 saturated carbocycles. The molecular formula is C18H23N3O4. The molecule has 0 bridgehead atoms. The minimum Gasteiger partial charge on any atom is -0.481 e. The first-order chi connectivity index (χ1) is 11.9. The molecule has 2 saturated heterocycles. The summed E-state index contributed by atoms with van der Waals surface area (Å²) in [5.41, 5.74) is 1.71. The predicted molar refractivity (Wildman–Crippen MR) is 89.8 cm³/mol. The van der Waals surface area contributed by atoms with Crippen LogP contribution in [-0.2, 0) is 17.6 Å². The normalized spacial score (nSPS) is 28.1. The summed E-state index contributed by atoms with van der Waals surface area (Å²) in [7, 11) is 3.45. The number of amides is 1. The third kappa shape index (κ3) is 2.40. The van der Waals surface area contributed by atoms with E-state index in [9.17, 15) is 14.7 Å². The van der Waals surface area contributed by atoms with Gasteiger partial charge >= 0.3 is 5.97 Å². The van der Waals surface area contributed by atoms with E-state index >= 15 is 0 Å². The number of aryl methyl sites for hydroxylation is 2. The molecule has 7 nitrogen and oxygen atoms in total. The van der Waals surface area contributed by atoms with Crippen LogP contribution in [0.4, 0.5) is 0 Å². The first-order valence-corrected chi connectivity index (χ1v) is 8.72. The van der Waals surface area contributed by atoms with Crippen LogP contribution in [0, 0.1) is 11.3 Å². The van der Waals surface area contributed by atoms with Crippen molar-refractivity contribution in [2.24, 2.45) is 11.3 Å². The second-order valence-electron chi connectivity index (χ2n) is 7.55. The Morgan fingerprint density at radius 3 is 2.80 bits per heavy atom. The second kappa shape index (κ2) is 5.69. The van der Waals surface area contributed by atoms with E-state index in [-0.39, 0.29) is 18.4 Å². The highest BCUT2D eigenvalue weighted by Gasteiger charge is 2.58. The average Bonchev–Trinajstić information content (AvgIpc) is 3.24. The number of ether oxygens (including phenoxy) is 1. The molecule has 0 unspecified atom stereocenters. The van der Waals surface area contributed by atoms with Crippen molar-refractivity contribution < 1.29 is 19.4 Å². The SMILES string of the molecule is COc1nc2c(cc1C(=O)N1C[C@H]3CN(C)C[C@@]3(C(=O)O)C1)CCC2. The van der Waals surface area contributed by atoms with Gasteiger partial charge in [-0.2, -0.15) is 0 Å². The Balaban J connectivity index is 1.64. The molecule has 0 radical (unpaired) electrons. The molecule has 1 N–H and O–H groups in total. The van der Waals surface area contributed by atoms with Crippen LogP contribution in [0.5, 0.6) is 5.88 Å². The topological polar surface area (TPSA) is 83.0 Å². The Labute approximate surface area is 146 Å². The quantitative estimate of drug-likeness (QED) is 0.867. The highest BCUT2D eigenvalue weighted by Crippen LogP contribution is 2.43. The zero-order valence-corrected chi connectivity index (χ0v) is 14.6. The van der Waals surface area contributed by atoms with Gasteiger partial charge in [0.2, 0.25) is 5.88 Å². The summed E-state index contributed by atoms with van der Waals surface area (Å²) in [5, 5.41) is 9.79. The van der Waals surface area contributed by atoms with E-state index in [1.165, 1.54) is 7.11 Å². The molecule has 2 aliphatic heterocycles. The first-order valence-electron chi connectivity index (χ1n) is 8.72. The molecule has 3 heterocycles. The summed E-state index contributed by atoms with van der Waals surface area (Å²) < 4.78 is 5.35. The molecule has 7 heteroatoms. The number of carbonyl (C=O) groups is 2. The summed E-state index contributed by atoms with van der Waals surface area (Å²) in [6.07, 6.45) is 2.89. The van der Waals surface area contributed by atoms with E-state index < -0.39 is 11.4 Å². The number of fused-ring (bicyclic) bond motifs is 2. The van der Waals surface area contributed by atoms with Gasteiger partial charge in [0.1, 0.15) is 11.0 Å². The highest BCUT2D eigenvalue weighted by atomic mass is 16.5. The highest BCUT2D eigenvalue weighted by molar-refractivity contribution is 5.97. The van der Waals surface area contributed by atoms with E-state index in [1.54, 1.807) is 4.90 Å². The van der Waals surface area contributed by atoms with Gasteiger partial charge in [-0.1, -0.05) is 0 Å². The van der Waals surface area contributed by atoms with Crippen LogP contribution in [0.1, 0.15) is 28.0 Å². The summed E-state index contributed by atoms with van der Waals surface area (Å²) in [4.78, 5) is 33.3. The Kier molecular flexibility index (Phi) is 3.72. The van der Waals surface area contributed by atoms with Gasteiger partial charge in [0, 0.05) is 37.8 Å². The second-order valence-corrected chi connectivity index (χ2v) is 7.55. The molecule has 1 amide bonds. The van der Waals surface area contributed by atoms with Crippen LogP contribution in [0.25, 0.3) is 0 Å². The number of hydrogen-bond donors (Lipinski definition) is 1. The fraction of sp³-hybridized carbons (Fsp3) is 0.611. The molecule has 1 aromatic heterocycles. The molecular weight excluding hydrogens is 322 g/mol. The van der Waals surface area contributed by atoms with E-state index in [1.807, 2.05) is 18.0 Å². The van der Waals surface area contributed by atoms with Crippen LogP contribution >= 0.6 is 0 Å². The molecule has 1 aromatic rings. The van der Waals surface area contributed by atoms with Gasteiger partial charge in [0.25, 0.3) is 5.91 Å². The van der Waals surface area contributed by atoms with Crippen molar-refractivity contribution in [1.82, 2.24) is 14.8 Å². The standard InChI is InChI=1S/C18H23N3O4/c1-20-7-12-8-21(10-18(12,9-20)17(23)24)16(22)13-6-11-4-3-5-14(11)19-15(13)25-2/h6,12H,3-5,7-10H2,1-2H3,(H,23,24)/t12-,18-/m1/s1. The van der Waals surface area contributed by atoms with Gasteiger partial charge in [-0.3, -0.25) is 9.59 Å². The lowest BCUT2D eigenvalue weighted by molar-refractivity contribution is -0.148. The van der Waals surface area contributed by atoms with Crippen molar-refractivity contribution in [2.45, 2.75) is 19.3 Å². The molecule has 0 aromatic carbocycles. The van der Waals surface area contributed by atoms with Gasteiger partial charge in [-0.25, -0.2) is 4.98 Å². The van der Waals surface area contributed by atoms with E-state index in [0.29, 0.717) is 31.1 Å². The third-order valence-corrected chi connectivity index (χ3v) is 5.93. The summed E-state index contributed by atoms with van der Waals surface area (Å²) in [6.45, 7) is 1.90. The minimum absolute atomic E-state index is 0.0349. The Morgan fingerprint density at radius 1 is 1.32 bits per heavy atom. The molecule has 3 aliphatic rings. The number of methoxy groups -OCH3 is 1. The van der Waals surface area contributed by atoms with Gasteiger partial charge in [-0.15, -0.1) is 0 Å². The smallest absolute Gasteiger partial charge is 0.313 e. The number of carbonyl (C=O) groups excluding carboxylic acids is 1. The third-order valence-electron chi connectivity index (χ3n) is 5.93. The minimum atomic E-state index is -0.859. The van der Waals surface area contributed by atoms with Gasteiger partial charge in [0.05, 0.1) is 7.11 Å². The zero-order valence-electron chi connectivity index (χ0n) is 14.6. The molecule has 0 spiro atoms. The van der Waals surface area contributed by atoms with Gasteiger partial charge in [0.15, 0.2) is 0 Å². The number of aliphatic carboxylic acids is 1. The fourth-order valence-electron chi connectivity index (χ4n) is 4.71. The van der Waals surface area contributed by atoms with E-state index in [4.69, 9.17) is 4.74 Å². The molecule has 4 rings (SSSR count). The van der Waals surface area contributed by atoms with Crippen LogP contribution < -0.4 is 4.74 Å². The molecule has 2 fully saturated rings. The van der Waals surface area contributed by atoms with Crippen molar-refractivity contribution in [2.75, 3.05) is 40.3 Å². The number of hydrogen-bond acceptors (Lipinski definition) is 5. The predicted octanol–water partition coefficient (Wildman–Crippen LogP) is 0.667. The number of nitrogens with zero attached hydrogens (tertiary/aromatic N) is 3. The van der Waals surface area contributed by atoms with E-state index in [2.05, 4.69) is 4.98 Å². The molecule has 2 atom stereocenters. The number of rotatable bonds is 3. The lowest BCUT2D eigenvalue weighted by atomic mass is 9.81. The number of pyridine rings is 1. The summed E-state index contributed by atoms with van der Waals surface area (Å²) in [5.74, 6) is -0.663. The first kappa shape index (κ1) is 16.3. The maximum absolute atomic E-state index is 13.1. The van der Waals surface area contributed by atoms with Crippen molar-refractivity contribution in [1.29, 1.82) is 0 Å². The van der Waals surface area contributed by atoms with Crippen molar-refractivity contribution >= 4 is 11.9 Å². The number of carboxylic acids is 1. The maximum Gasteiger partial charge on any atom is 0.313 e. The molecule has 1 aliphatic carbocycles. The van der Waals surface area contributed by atoms with Crippen molar-refractivity contribution in [3.63, 3.8) is 0 Å². The Morgan fingerprint density at radius 2 is 2.12 bits per heavy atom. The van der Waals surface area contributed by atoms with Crippen LogP contribution in [0.15, 0.2) is 6.07 Å². The zero-order chi connectivity index (χ0) is 17.8. The number of aromatic nitrogens is 1. The number of likely N-dealkylation sites (tertiary alicyclic amines) is 2. The summed E-state index contributed by atoms with van der Waals surface area (Å²) >= 11 is 0. The summed E-state index contributed by atoms with van der Waals surface area (Å²) in [6, 6.07) is 1.89. The fourth-order valence-corrected chi connectivity index (χ4v) is 4.71. The van der Waals surface area contributed by atoms with Crippen LogP contribution in [0.2, 0.25) is 0 Å². The average molecular weight is 345 g/mol. The van der Waals surface area contributed by atoms with Crippen LogP contribution in [-0.4, -0.2) is 72.1 Å². The lowest BCUT2D eigenvalue weighted by Crippen LogP contribution is -2.41. The number of carboxylic acid groups (broad SMARTS) is 1. The molecule has 134 valence electrons. The van der Waals surface area contributed by atoms with Crippen molar-refractivity contribution in [3.8, 4) is 5.88 Å². The van der Waals surface area contributed by atoms with Gasteiger partial charge < -0.3 is 19.6 Å². The maximum atomic E-state index is 13.1. The Bertz CT molecular complexity index is 750. The van der Waals surface area contributed by atoms with Crippen molar-refractivity contribution in [3.05, 3.63) is 22.9 Å². The van der Waals surface area contributed by atoms with E-state index in [0.717, 1.165) is 30.5 Å². The molecule has 25 heavy (non-hydrogen) atoms.